The smallest absolute Gasteiger partial charge is 0.316 e. The number of esters is 1. The normalized spacial score (nSPS) is 11.5. The maximum atomic E-state index is 12.3. The van der Waals surface area contributed by atoms with Crippen LogP contribution in [0.15, 0.2) is 48.5 Å². The molecule has 0 saturated carbocycles. The lowest BCUT2D eigenvalue weighted by molar-refractivity contribution is -0.153. The Morgan fingerprint density at radius 1 is 0.923 bits per heavy atom. The molecule has 2 rings (SSSR count). The lowest BCUT2D eigenvalue weighted by Crippen LogP contribution is -2.25. The van der Waals surface area contributed by atoms with E-state index in [0.29, 0.717) is 24.3 Å². The fourth-order valence-corrected chi connectivity index (χ4v) is 2.66. The molecule has 0 aliphatic rings. The number of ketones is 1. The van der Waals surface area contributed by atoms with Crippen LogP contribution in [0.1, 0.15) is 24.5 Å². The summed E-state index contributed by atoms with van der Waals surface area (Å²) in [6.45, 7) is 1.59. The highest BCUT2D eigenvalue weighted by Crippen LogP contribution is 2.28. The molecule has 1 atom stereocenters. The molecule has 138 valence electrons. The number of carbonyl (C=O) groups is 2. The van der Waals surface area contributed by atoms with Crippen molar-refractivity contribution in [3.63, 3.8) is 0 Å². The van der Waals surface area contributed by atoms with E-state index in [2.05, 4.69) is 0 Å². The predicted molar refractivity (Wildman–Crippen MR) is 98.3 cm³/mol. The molecule has 0 N–H and O–H groups in total. The van der Waals surface area contributed by atoms with E-state index >= 15 is 0 Å². The summed E-state index contributed by atoms with van der Waals surface area (Å²) < 4.78 is 15.8. The van der Waals surface area contributed by atoms with Gasteiger partial charge in [-0.3, -0.25) is 9.59 Å². The van der Waals surface area contributed by atoms with Crippen molar-refractivity contribution < 1.29 is 23.8 Å². The van der Waals surface area contributed by atoms with Gasteiger partial charge in [-0.15, -0.1) is 0 Å². The molecule has 0 bridgehead atoms. The summed E-state index contributed by atoms with van der Waals surface area (Å²) in [7, 11) is 3.15. The minimum atomic E-state index is -0.771. The zero-order valence-corrected chi connectivity index (χ0v) is 15.4. The van der Waals surface area contributed by atoms with Crippen molar-refractivity contribution in [2.24, 2.45) is 5.92 Å². The zero-order valence-electron chi connectivity index (χ0n) is 15.4. The third kappa shape index (κ3) is 5.34. The summed E-state index contributed by atoms with van der Waals surface area (Å²) in [5.41, 5.74) is 1.85. The van der Waals surface area contributed by atoms with Crippen LogP contribution in [-0.4, -0.2) is 26.0 Å². The predicted octanol–water partition coefficient (Wildman–Crippen LogP) is 3.59. The lowest BCUT2D eigenvalue weighted by Gasteiger charge is -2.14. The van der Waals surface area contributed by atoms with Crippen molar-refractivity contribution in [2.75, 3.05) is 14.2 Å². The highest BCUT2D eigenvalue weighted by atomic mass is 16.5. The minimum Gasteiger partial charge on any atom is -0.493 e. The fraction of sp³-hybridized carbons (Fsp3) is 0.333. The molecule has 0 radical (unpaired) electrons. The van der Waals surface area contributed by atoms with Gasteiger partial charge < -0.3 is 14.2 Å². The molecule has 26 heavy (non-hydrogen) atoms. The summed E-state index contributed by atoms with van der Waals surface area (Å²) in [6.07, 6.45) is 0.948. The van der Waals surface area contributed by atoms with Crippen LogP contribution in [0.3, 0.4) is 0 Å². The van der Waals surface area contributed by atoms with Crippen LogP contribution < -0.4 is 9.47 Å². The van der Waals surface area contributed by atoms with E-state index < -0.39 is 11.9 Å². The third-order valence-electron chi connectivity index (χ3n) is 4.17. The van der Waals surface area contributed by atoms with Crippen molar-refractivity contribution in [1.82, 2.24) is 0 Å². The third-order valence-corrected chi connectivity index (χ3v) is 4.17. The average Bonchev–Trinajstić information content (AvgIpc) is 2.66. The van der Waals surface area contributed by atoms with Crippen LogP contribution in [0.5, 0.6) is 11.5 Å². The zero-order chi connectivity index (χ0) is 18.9. The first-order valence-corrected chi connectivity index (χ1v) is 8.47. The van der Waals surface area contributed by atoms with E-state index in [1.165, 1.54) is 6.92 Å². The molecule has 0 aromatic heterocycles. The first-order valence-electron chi connectivity index (χ1n) is 8.47. The van der Waals surface area contributed by atoms with Crippen LogP contribution in [0.4, 0.5) is 0 Å². The van der Waals surface area contributed by atoms with Gasteiger partial charge in [0, 0.05) is 0 Å². The molecular weight excluding hydrogens is 332 g/mol. The number of ether oxygens (including phenoxy) is 3. The van der Waals surface area contributed by atoms with Gasteiger partial charge in [0.15, 0.2) is 11.5 Å². The quantitative estimate of drug-likeness (QED) is 0.508. The van der Waals surface area contributed by atoms with E-state index in [1.807, 2.05) is 48.5 Å². The van der Waals surface area contributed by atoms with Crippen molar-refractivity contribution in [1.29, 1.82) is 0 Å². The van der Waals surface area contributed by atoms with Crippen molar-refractivity contribution in [3.05, 3.63) is 59.7 Å². The van der Waals surface area contributed by atoms with Crippen molar-refractivity contribution in [2.45, 2.75) is 26.4 Å². The maximum absolute atomic E-state index is 12.3. The molecule has 0 aliphatic heterocycles. The largest absolute Gasteiger partial charge is 0.493 e. The van der Waals surface area contributed by atoms with Gasteiger partial charge in [0.1, 0.15) is 18.3 Å². The number of methoxy groups -OCH3 is 2. The monoisotopic (exact) mass is 356 g/mol. The Labute approximate surface area is 153 Å². The van der Waals surface area contributed by atoms with Crippen LogP contribution in [0, 0.1) is 5.92 Å². The summed E-state index contributed by atoms with van der Waals surface area (Å²) >= 11 is 0. The van der Waals surface area contributed by atoms with E-state index in [-0.39, 0.29) is 12.4 Å². The van der Waals surface area contributed by atoms with Gasteiger partial charge in [0.2, 0.25) is 0 Å². The first-order chi connectivity index (χ1) is 12.5. The number of benzene rings is 2. The van der Waals surface area contributed by atoms with Gasteiger partial charge in [0.25, 0.3) is 0 Å². The van der Waals surface area contributed by atoms with Gasteiger partial charge in [0.05, 0.1) is 14.2 Å². The topological polar surface area (TPSA) is 61.8 Å². The van der Waals surface area contributed by atoms with Crippen LogP contribution in [-0.2, 0) is 27.4 Å². The van der Waals surface area contributed by atoms with E-state index in [0.717, 1.165) is 11.1 Å². The Morgan fingerprint density at radius 3 is 2.23 bits per heavy atom. The highest BCUT2D eigenvalue weighted by molar-refractivity contribution is 5.97. The second kappa shape index (κ2) is 9.61. The van der Waals surface area contributed by atoms with Crippen LogP contribution in [0.25, 0.3) is 0 Å². The number of rotatable bonds is 9. The Hall–Kier alpha value is -2.82. The second-order valence-corrected chi connectivity index (χ2v) is 5.98. The Balaban J connectivity index is 1.97. The average molecular weight is 356 g/mol. The van der Waals surface area contributed by atoms with Gasteiger partial charge in [-0.2, -0.15) is 0 Å². The number of aryl methyl sites for hydroxylation is 1. The summed E-state index contributed by atoms with van der Waals surface area (Å²) in [5, 5.41) is 0. The molecule has 1 unspecified atom stereocenters. The molecule has 0 spiro atoms. The van der Waals surface area contributed by atoms with E-state index in [9.17, 15) is 9.59 Å². The second-order valence-electron chi connectivity index (χ2n) is 5.98. The van der Waals surface area contributed by atoms with Gasteiger partial charge in [-0.05, 0) is 43.0 Å². The van der Waals surface area contributed by atoms with Crippen molar-refractivity contribution in [3.8, 4) is 11.5 Å². The van der Waals surface area contributed by atoms with E-state index in [1.54, 1.807) is 14.2 Å². The fourth-order valence-electron chi connectivity index (χ4n) is 2.66. The van der Waals surface area contributed by atoms with Gasteiger partial charge in [-0.25, -0.2) is 0 Å². The SMILES string of the molecule is COc1ccc(CCC(C(C)=O)C(=O)OCc2ccccc2)cc1OC. The molecule has 0 fully saturated rings. The molecule has 0 aliphatic carbocycles. The Kier molecular flexibility index (Phi) is 7.21. The molecule has 0 saturated heterocycles. The van der Waals surface area contributed by atoms with Crippen LogP contribution in [0.2, 0.25) is 0 Å². The first kappa shape index (κ1) is 19.5. The molecule has 2 aromatic rings. The number of carbonyl (C=O) groups excluding carboxylic acids is 2. The standard InChI is InChI=1S/C21H24O5/c1-15(22)18(21(23)26-14-17-7-5-4-6-8-17)11-9-16-10-12-19(24-2)20(13-16)25-3/h4-8,10,12-13,18H,9,11,14H2,1-3H3. The molecule has 2 aromatic carbocycles. The van der Waals surface area contributed by atoms with Crippen LogP contribution >= 0.6 is 0 Å². The van der Waals surface area contributed by atoms with E-state index in [4.69, 9.17) is 14.2 Å². The van der Waals surface area contributed by atoms with Gasteiger partial charge >= 0.3 is 5.97 Å². The Bertz CT molecular complexity index is 739. The molecular formula is C21H24O5. The molecule has 5 nitrogen and oxygen atoms in total. The number of Topliss-reactive ketones (excluding diaryl/α,β-unsaturated/α-hetero) is 1. The minimum absolute atomic E-state index is 0.166. The van der Waals surface area contributed by atoms with Crippen molar-refractivity contribution >= 4 is 11.8 Å². The summed E-state index contributed by atoms with van der Waals surface area (Å²) in [6, 6.07) is 15.0. The number of hydrogen-bond donors (Lipinski definition) is 0. The Morgan fingerprint density at radius 2 is 1.62 bits per heavy atom. The van der Waals surface area contributed by atoms with Gasteiger partial charge in [-0.1, -0.05) is 36.4 Å². The molecule has 5 heteroatoms. The maximum Gasteiger partial charge on any atom is 0.316 e. The molecule has 0 heterocycles. The summed E-state index contributed by atoms with van der Waals surface area (Å²) in [4.78, 5) is 24.2. The molecule has 0 amide bonds. The highest BCUT2D eigenvalue weighted by Gasteiger charge is 2.25. The number of hydrogen-bond acceptors (Lipinski definition) is 5. The summed E-state index contributed by atoms with van der Waals surface area (Å²) in [5.74, 6) is -0.185. The lowest BCUT2D eigenvalue weighted by atomic mass is 9.96.